The fourth-order valence-electron chi connectivity index (χ4n) is 3.48. The summed E-state index contributed by atoms with van der Waals surface area (Å²) in [7, 11) is 0. The summed E-state index contributed by atoms with van der Waals surface area (Å²) in [6.45, 7) is 0.461. The molecule has 1 N–H and O–H groups in total. The molecule has 0 radical (unpaired) electrons. The van der Waals surface area contributed by atoms with Crippen LogP contribution in [0.15, 0.2) is 72.1 Å². The van der Waals surface area contributed by atoms with Crippen molar-refractivity contribution in [3.63, 3.8) is 0 Å². The number of aromatic nitrogens is 3. The topological polar surface area (TPSA) is 59.3 Å². The van der Waals surface area contributed by atoms with Crippen molar-refractivity contribution in [2.45, 2.75) is 6.42 Å². The van der Waals surface area contributed by atoms with Gasteiger partial charge in [-0.15, -0.1) is 16.4 Å². The lowest BCUT2D eigenvalue weighted by Crippen LogP contribution is -2.26. The molecule has 7 heteroatoms. The maximum Gasteiger partial charge on any atom is 0.251 e. The van der Waals surface area contributed by atoms with Crippen molar-refractivity contribution in [2.75, 3.05) is 6.54 Å². The maximum atomic E-state index is 14.0. The molecule has 30 heavy (non-hydrogen) atoms. The molecule has 2 aromatic heterocycles. The molecule has 148 valence electrons. The fraction of sp³-hybridized carbons (Fsp3) is 0.0870. The molecule has 5 rings (SSSR count). The van der Waals surface area contributed by atoms with Crippen LogP contribution in [0.3, 0.4) is 0 Å². The Bertz CT molecular complexity index is 1370. The molecule has 5 aromatic rings. The lowest BCUT2D eigenvalue weighted by Gasteiger charge is -2.07. The van der Waals surface area contributed by atoms with Crippen LogP contribution in [-0.4, -0.2) is 27.0 Å². The Morgan fingerprint density at radius 3 is 2.73 bits per heavy atom. The van der Waals surface area contributed by atoms with Crippen LogP contribution >= 0.6 is 11.3 Å². The third-order valence-corrected chi connectivity index (χ3v) is 5.83. The van der Waals surface area contributed by atoms with Crippen LogP contribution < -0.4 is 5.32 Å². The predicted molar refractivity (Wildman–Crippen MR) is 116 cm³/mol. The van der Waals surface area contributed by atoms with Gasteiger partial charge < -0.3 is 5.32 Å². The highest BCUT2D eigenvalue weighted by Gasteiger charge is 2.15. The predicted octanol–water partition coefficient (Wildman–Crippen LogP) is 4.72. The molecule has 1 amide bonds. The SMILES string of the molecule is O=C(NCCc1csc2nc(-c3ccccc3F)nn12)c1cccc2ccccc12. The van der Waals surface area contributed by atoms with E-state index in [0.29, 0.717) is 34.9 Å². The number of benzene rings is 3. The average molecular weight is 416 g/mol. The molecular weight excluding hydrogens is 399 g/mol. The smallest absolute Gasteiger partial charge is 0.251 e. The van der Waals surface area contributed by atoms with Gasteiger partial charge in [0, 0.05) is 23.9 Å². The summed E-state index contributed by atoms with van der Waals surface area (Å²) in [4.78, 5) is 17.8. The molecule has 0 bridgehead atoms. The van der Waals surface area contributed by atoms with Crippen molar-refractivity contribution in [1.82, 2.24) is 19.9 Å². The number of thiazole rings is 1. The van der Waals surface area contributed by atoms with E-state index in [0.717, 1.165) is 16.5 Å². The lowest BCUT2D eigenvalue weighted by atomic mass is 10.0. The molecule has 0 aliphatic rings. The number of hydrogen-bond donors (Lipinski definition) is 1. The lowest BCUT2D eigenvalue weighted by molar-refractivity contribution is 0.0955. The monoisotopic (exact) mass is 416 g/mol. The van der Waals surface area contributed by atoms with Gasteiger partial charge in [0.25, 0.3) is 5.91 Å². The Labute approximate surface area is 175 Å². The van der Waals surface area contributed by atoms with Gasteiger partial charge in [-0.2, -0.15) is 4.98 Å². The van der Waals surface area contributed by atoms with Crippen molar-refractivity contribution in [3.8, 4) is 11.4 Å². The van der Waals surface area contributed by atoms with Crippen molar-refractivity contribution in [3.05, 3.63) is 89.2 Å². The van der Waals surface area contributed by atoms with Gasteiger partial charge in [-0.1, -0.05) is 48.5 Å². The highest BCUT2D eigenvalue weighted by molar-refractivity contribution is 7.15. The van der Waals surface area contributed by atoms with E-state index in [9.17, 15) is 9.18 Å². The third kappa shape index (κ3) is 3.33. The van der Waals surface area contributed by atoms with Crippen LogP contribution in [0.4, 0.5) is 4.39 Å². The van der Waals surface area contributed by atoms with E-state index in [1.807, 2.05) is 47.8 Å². The van der Waals surface area contributed by atoms with Gasteiger partial charge in [-0.25, -0.2) is 8.91 Å². The highest BCUT2D eigenvalue weighted by Crippen LogP contribution is 2.23. The molecule has 0 saturated carbocycles. The highest BCUT2D eigenvalue weighted by atomic mass is 32.1. The second kappa shape index (κ2) is 7.68. The van der Waals surface area contributed by atoms with Gasteiger partial charge >= 0.3 is 0 Å². The second-order valence-corrected chi connectivity index (χ2v) is 7.71. The first kappa shape index (κ1) is 18.4. The number of amides is 1. The molecular formula is C23H17FN4OS. The number of fused-ring (bicyclic) bond motifs is 2. The Morgan fingerprint density at radius 1 is 1.03 bits per heavy atom. The van der Waals surface area contributed by atoms with Crippen LogP contribution in [0.1, 0.15) is 16.1 Å². The van der Waals surface area contributed by atoms with Crippen molar-refractivity contribution in [2.24, 2.45) is 0 Å². The molecule has 0 aliphatic carbocycles. The molecule has 0 unspecified atom stereocenters. The summed E-state index contributed by atoms with van der Waals surface area (Å²) in [5, 5.41) is 11.4. The number of carbonyl (C=O) groups is 1. The van der Waals surface area contributed by atoms with E-state index in [1.54, 1.807) is 22.7 Å². The Kier molecular flexibility index (Phi) is 4.72. The van der Waals surface area contributed by atoms with Crippen molar-refractivity contribution in [1.29, 1.82) is 0 Å². The molecule has 2 heterocycles. The van der Waals surface area contributed by atoms with E-state index in [4.69, 9.17) is 0 Å². The molecule has 3 aromatic carbocycles. The van der Waals surface area contributed by atoms with Crippen LogP contribution in [-0.2, 0) is 6.42 Å². The van der Waals surface area contributed by atoms with Gasteiger partial charge in [0.2, 0.25) is 4.96 Å². The van der Waals surface area contributed by atoms with Gasteiger partial charge in [-0.05, 0) is 29.0 Å². The Morgan fingerprint density at radius 2 is 1.83 bits per heavy atom. The summed E-state index contributed by atoms with van der Waals surface area (Å²) in [5.74, 6) is -0.0930. The average Bonchev–Trinajstić information content (AvgIpc) is 3.35. The molecule has 0 spiro atoms. The van der Waals surface area contributed by atoms with E-state index in [2.05, 4.69) is 15.4 Å². The van der Waals surface area contributed by atoms with Crippen LogP contribution in [0.2, 0.25) is 0 Å². The van der Waals surface area contributed by atoms with Crippen molar-refractivity contribution < 1.29 is 9.18 Å². The van der Waals surface area contributed by atoms with Crippen LogP contribution in [0.25, 0.3) is 27.1 Å². The van der Waals surface area contributed by atoms with Gasteiger partial charge in [0.1, 0.15) is 5.82 Å². The molecule has 0 atom stereocenters. The number of hydrogen-bond acceptors (Lipinski definition) is 4. The Hall–Kier alpha value is -3.58. The number of carbonyl (C=O) groups excluding carboxylic acids is 1. The van der Waals surface area contributed by atoms with E-state index in [1.165, 1.54) is 17.4 Å². The quantitative estimate of drug-likeness (QED) is 0.451. The van der Waals surface area contributed by atoms with Gasteiger partial charge in [-0.3, -0.25) is 4.79 Å². The zero-order chi connectivity index (χ0) is 20.5. The van der Waals surface area contributed by atoms with E-state index in [-0.39, 0.29) is 11.7 Å². The zero-order valence-corrected chi connectivity index (χ0v) is 16.7. The molecule has 5 nitrogen and oxygen atoms in total. The number of halogens is 1. The minimum Gasteiger partial charge on any atom is -0.352 e. The summed E-state index contributed by atoms with van der Waals surface area (Å²) in [6.07, 6.45) is 0.594. The summed E-state index contributed by atoms with van der Waals surface area (Å²) in [5.41, 5.74) is 1.96. The number of nitrogens with one attached hydrogen (secondary N) is 1. The fourth-order valence-corrected chi connectivity index (χ4v) is 4.33. The molecule has 0 aliphatic heterocycles. The van der Waals surface area contributed by atoms with E-state index >= 15 is 0 Å². The van der Waals surface area contributed by atoms with Crippen LogP contribution in [0.5, 0.6) is 0 Å². The van der Waals surface area contributed by atoms with Crippen molar-refractivity contribution >= 4 is 33.0 Å². The third-order valence-electron chi connectivity index (χ3n) is 4.97. The molecule has 0 saturated heterocycles. The summed E-state index contributed by atoms with van der Waals surface area (Å²) in [6, 6.07) is 20.0. The first-order valence-electron chi connectivity index (χ1n) is 9.55. The standard InChI is InChI=1S/C23H17FN4OS/c24-20-11-4-3-9-19(20)21-26-23-28(27-21)16(14-30-23)12-13-25-22(29)18-10-5-7-15-6-1-2-8-17(15)18/h1-11,14H,12-13H2,(H,25,29). The minimum absolute atomic E-state index is 0.107. The number of rotatable bonds is 5. The largest absolute Gasteiger partial charge is 0.352 e. The van der Waals surface area contributed by atoms with Gasteiger partial charge in [0.15, 0.2) is 5.82 Å². The van der Waals surface area contributed by atoms with Crippen LogP contribution in [0, 0.1) is 5.82 Å². The Balaban J connectivity index is 1.32. The second-order valence-electron chi connectivity index (χ2n) is 6.87. The number of nitrogens with zero attached hydrogens (tertiary/aromatic N) is 3. The molecule has 0 fully saturated rings. The zero-order valence-electron chi connectivity index (χ0n) is 15.9. The minimum atomic E-state index is -0.348. The van der Waals surface area contributed by atoms with Gasteiger partial charge in [0.05, 0.1) is 11.3 Å². The first-order valence-corrected chi connectivity index (χ1v) is 10.4. The first-order chi connectivity index (χ1) is 14.7. The summed E-state index contributed by atoms with van der Waals surface area (Å²) >= 11 is 1.45. The normalized spacial score (nSPS) is 11.2. The summed E-state index contributed by atoms with van der Waals surface area (Å²) < 4.78 is 15.8. The maximum absolute atomic E-state index is 14.0. The van der Waals surface area contributed by atoms with E-state index < -0.39 is 0 Å².